The van der Waals surface area contributed by atoms with Gasteiger partial charge in [-0.15, -0.1) is 0 Å². The fourth-order valence-corrected chi connectivity index (χ4v) is 1.61. The van der Waals surface area contributed by atoms with Gasteiger partial charge in [0.15, 0.2) is 0 Å². The number of phenolic OH excluding ortho intramolecular Hbond substituents is 1. The number of halogens is 3. The van der Waals surface area contributed by atoms with E-state index in [0.29, 0.717) is 0 Å². The van der Waals surface area contributed by atoms with E-state index in [1.165, 1.54) is 12.1 Å². The first kappa shape index (κ1) is 16.3. The van der Waals surface area contributed by atoms with Crippen LogP contribution in [-0.4, -0.2) is 29.8 Å². The largest absolute Gasteiger partial charge is 0.508 e. The Morgan fingerprint density at radius 2 is 1.90 bits per heavy atom. The Kier molecular flexibility index (Phi) is 5.82. The first-order valence-corrected chi connectivity index (χ1v) is 6.16. The standard InChI is InChI=1S/C13H17F3N2O2/c14-13(15,16)6-1-7-18-12(20)11(17)8-9-2-4-10(19)5-3-9/h2-5,11,19H,1,6-8,17H2,(H,18,20). The maximum atomic E-state index is 11.9. The lowest BCUT2D eigenvalue weighted by molar-refractivity contribution is -0.136. The summed E-state index contributed by atoms with van der Waals surface area (Å²) in [5.41, 5.74) is 6.42. The van der Waals surface area contributed by atoms with Crippen LogP contribution >= 0.6 is 0 Å². The molecule has 4 nitrogen and oxygen atoms in total. The minimum Gasteiger partial charge on any atom is -0.508 e. The van der Waals surface area contributed by atoms with E-state index in [9.17, 15) is 18.0 Å². The van der Waals surface area contributed by atoms with E-state index in [0.717, 1.165) is 5.56 Å². The zero-order chi connectivity index (χ0) is 15.2. The van der Waals surface area contributed by atoms with Crippen LogP contribution in [0, 0.1) is 0 Å². The minimum absolute atomic E-state index is 0.0539. The van der Waals surface area contributed by atoms with Crippen molar-refractivity contribution in [3.05, 3.63) is 29.8 Å². The number of carbonyl (C=O) groups excluding carboxylic acids is 1. The number of amides is 1. The number of hydrogen-bond acceptors (Lipinski definition) is 3. The van der Waals surface area contributed by atoms with Crippen molar-refractivity contribution >= 4 is 5.91 Å². The second-order valence-corrected chi connectivity index (χ2v) is 4.49. The lowest BCUT2D eigenvalue weighted by atomic mass is 10.1. The lowest BCUT2D eigenvalue weighted by Gasteiger charge is -2.13. The quantitative estimate of drug-likeness (QED) is 0.698. The van der Waals surface area contributed by atoms with Crippen molar-refractivity contribution < 1.29 is 23.1 Å². The van der Waals surface area contributed by atoms with Gasteiger partial charge in [-0.25, -0.2) is 0 Å². The third-order valence-electron chi connectivity index (χ3n) is 2.66. The summed E-state index contributed by atoms with van der Waals surface area (Å²) in [6, 6.07) is 5.38. The van der Waals surface area contributed by atoms with Crippen LogP contribution in [0.25, 0.3) is 0 Å². The third kappa shape index (κ3) is 6.42. The Balaban J connectivity index is 2.30. The highest BCUT2D eigenvalue weighted by Gasteiger charge is 2.26. The molecule has 0 aliphatic heterocycles. The molecule has 1 aromatic rings. The van der Waals surface area contributed by atoms with Gasteiger partial charge >= 0.3 is 6.18 Å². The molecule has 0 radical (unpaired) electrons. The van der Waals surface area contributed by atoms with Gasteiger partial charge in [0.1, 0.15) is 5.75 Å². The molecule has 0 spiro atoms. The molecule has 1 rings (SSSR count). The summed E-state index contributed by atoms with van der Waals surface area (Å²) in [6.45, 7) is -0.0539. The molecule has 0 aliphatic carbocycles. The van der Waals surface area contributed by atoms with Crippen molar-refractivity contribution in [1.82, 2.24) is 5.32 Å². The molecule has 7 heteroatoms. The molecule has 0 heterocycles. The monoisotopic (exact) mass is 290 g/mol. The number of carbonyl (C=O) groups is 1. The number of phenols is 1. The summed E-state index contributed by atoms with van der Waals surface area (Å²) in [7, 11) is 0. The van der Waals surface area contributed by atoms with Crippen LogP contribution in [0.15, 0.2) is 24.3 Å². The van der Waals surface area contributed by atoms with Crippen LogP contribution in [-0.2, 0) is 11.2 Å². The highest BCUT2D eigenvalue weighted by atomic mass is 19.4. The molecular formula is C13H17F3N2O2. The molecule has 0 saturated heterocycles. The number of alkyl halides is 3. The van der Waals surface area contributed by atoms with Crippen molar-refractivity contribution in [3.63, 3.8) is 0 Å². The van der Waals surface area contributed by atoms with E-state index in [1.807, 2.05) is 0 Å². The van der Waals surface area contributed by atoms with Gasteiger partial charge in [-0.3, -0.25) is 4.79 Å². The number of nitrogens with one attached hydrogen (secondary N) is 1. The second-order valence-electron chi connectivity index (χ2n) is 4.49. The smallest absolute Gasteiger partial charge is 0.389 e. The van der Waals surface area contributed by atoms with Crippen LogP contribution in [0.1, 0.15) is 18.4 Å². The summed E-state index contributed by atoms with van der Waals surface area (Å²) >= 11 is 0. The third-order valence-corrected chi connectivity index (χ3v) is 2.66. The van der Waals surface area contributed by atoms with Crippen molar-refractivity contribution in [2.24, 2.45) is 5.73 Å². The van der Waals surface area contributed by atoms with E-state index in [2.05, 4.69) is 5.32 Å². The topological polar surface area (TPSA) is 75.3 Å². The van der Waals surface area contributed by atoms with Gasteiger partial charge in [0, 0.05) is 13.0 Å². The molecule has 1 atom stereocenters. The zero-order valence-electron chi connectivity index (χ0n) is 10.8. The normalized spacial score (nSPS) is 13.0. The van der Waals surface area contributed by atoms with Crippen molar-refractivity contribution in [2.45, 2.75) is 31.5 Å². The van der Waals surface area contributed by atoms with Crippen LogP contribution in [0.4, 0.5) is 13.2 Å². The maximum absolute atomic E-state index is 11.9. The van der Waals surface area contributed by atoms with E-state index < -0.39 is 24.5 Å². The second kappa shape index (κ2) is 7.14. The van der Waals surface area contributed by atoms with Crippen LogP contribution in [0.3, 0.4) is 0 Å². The van der Waals surface area contributed by atoms with Crippen molar-refractivity contribution in [2.75, 3.05) is 6.54 Å². The fourth-order valence-electron chi connectivity index (χ4n) is 1.61. The highest BCUT2D eigenvalue weighted by molar-refractivity contribution is 5.81. The molecule has 0 aromatic heterocycles. The molecule has 1 aromatic carbocycles. The molecule has 1 unspecified atom stereocenters. The Labute approximate surface area is 114 Å². The Hall–Kier alpha value is -1.76. The van der Waals surface area contributed by atoms with Gasteiger partial charge in [-0.1, -0.05) is 12.1 Å². The van der Waals surface area contributed by atoms with Gasteiger partial charge in [0.05, 0.1) is 6.04 Å². The number of hydrogen-bond donors (Lipinski definition) is 3. The van der Waals surface area contributed by atoms with E-state index >= 15 is 0 Å². The number of rotatable bonds is 6. The molecule has 0 saturated carbocycles. The van der Waals surface area contributed by atoms with Gasteiger partial charge < -0.3 is 16.2 Å². The van der Waals surface area contributed by atoms with E-state index in [4.69, 9.17) is 10.8 Å². The molecule has 0 fully saturated rings. The zero-order valence-corrected chi connectivity index (χ0v) is 10.8. The molecule has 112 valence electrons. The average Bonchev–Trinajstić information content (AvgIpc) is 2.36. The Bertz CT molecular complexity index is 432. The minimum atomic E-state index is -4.21. The highest BCUT2D eigenvalue weighted by Crippen LogP contribution is 2.20. The maximum Gasteiger partial charge on any atom is 0.389 e. The van der Waals surface area contributed by atoms with E-state index in [1.54, 1.807) is 12.1 Å². The fraction of sp³-hybridized carbons (Fsp3) is 0.462. The number of nitrogens with two attached hydrogens (primary N) is 1. The number of benzene rings is 1. The predicted molar refractivity (Wildman–Crippen MR) is 68.1 cm³/mol. The summed E-state index contributed by atoms with van der Waals surface area (Å²) in [6.07, 6.45) is -5.05. The van der Waals surface area contributed by atoms with Crippen molar-refractivity contribution in [1.29, 1.82) is 0 Å². The molecule has 1 amide bonds. The molecule has 4 N–H and O–H groups in total. The SMILES string of the molecule is NC(Cc1ccc(O)cc1)C(=O)NCCCC(F)(F)F. The first-order chi connectivity index (χ1) is 9.28. The summed E-state index contributed by atoms with van der Waals surface area (Å²) < 4.78 is 35.7. The first-order valence-electron chi connectivity index (χ1n) is 6.16. The van der Waals surface area contributed by atoms with E-state index in [-0.39, 0.29) is 25.1 Å². The molecule has 0 bridgehead atoms. The van der Waals surface area contributed by atoms with Gasteiger partial charge in [-0.2, -0.15) is 13.2 Å². The van der Waals surface area contributed by atoms with Gasteiger partial charge in [0.25, 0.3) is 0 Å². The van der Waals surface area contributed by atoms with Crippen LogP contribution in [0.5, 0.6) is 5.75 Å². The Morgan fingerprint density at radius 1 is 1.30 bits per heavy atom. The molecule has 0 aliphatic rings. The van der Waals surface area contributed by atoms with Crippen molar-refractivity contribution in [3.8, 4) is 5.75 Å². The summed E-state index contributed by atoms with van der Waals surface area (Å²) in [5, 5.41) is 11.5. The Morgan fingerprint density at radius 3 is 2.45 bits per heavy atom. The number of aromatic hydroxyl groups is 1. The summed E-state index contributed by atoms with van der Waals surface area (Å²) in [5.74, 6) is -0.376. The average molecular weight is 290 g/mol. The van der Waals surface area contributed by atoms with Gasteiger partial charge in [-0.05, 0) is 30.5 Å². The lowest BCUT2D eigenvalue weighted by Crippen LogP contribution is -2.42. The van der Waals surface area contributed by atoms with Crippen LogP contribution < -0.4 is 11.1 Å². The summed E-state index contributed by atoms with van der Waals surface area (Å²) in [4.78, 5) is 11.6. The molecule has 20 heavy (non-hydrogen) atoms. The van der Waals surface area contributed by atoms with Crippen LogP contribution in [0.2, 0.25) is 0 Å². The van der Waals surface area contributed by atoms with Gasteiger partial charge in [0.2, 0.25) is 5.91 Å². The predicted octanol–water partition coefficient (Wildman–Crippen LogP) is 1.72. The molecular weight excluding hydrogens is 273 g/mol.